The van der Waals surface area contributed by atoms with E-state index in [-0.39, 0.29) is 0 Å². The van der Waals surface area contributed by atoms with Crippen LogP contribution in [0.5, 0.6) is 0 Å². The van der Waals surface area contributed by atoms with Crippen molar-refractivity contribution in [1.29, 1.82) is 0 Å². The molecular weight excluding hydrogens is 286 g/mol. The fourth-order valence-corrected chi connectivity index (χ4v) is 2.57. The zero-order chi connectivity index (χ0) is 14.7. The zero-order valence-corrected chi connectivity index (χ0v) is 12.2. The molecule has 1 aliphatic rings. The van der Waals surface area contributed by atoms with E-state index < -0.39 is 5.60 Å². The monoisotopic (exact) mass is 301 g/mol. The number of rotatable bonds is 3. The van der Waals surface area contributed by atoms with Gasteiger partial charge in [0.2, 0.25) is 0 Å². The first-order valence-electron chi connectivity index (χ1n) is 6.90. The summed E-state index contributed by atoms with van der Waals surface area (Å²) in [5.41, 5.74) is -0.147. The summed E-state index contributed by atoms with van der Waals surface area (Å²) in [6, 6.07) is 12.6. The van der Waals surface area contributed by atoms with Gasteiger partial charge in [0, 0.05) is 24.3 Å². The highest BCUT2D eigenvalue weighted by Crippen LogP contribution is 2.30. The molecule has 2 N–H and O–H groups in total. The second-order valence-corrected chi connectivity index (χ2v) is 5.38. The predicted octanol–water partition coefficient (Wildman–Crippen LogP) is 2.36. The third-order valence-corrected chi connectivity index (χ3v) is 3.79. The van der Waals surface area contributed by atoms with E-state index >= 15 is 0 Å². The average Bonchev–Trinajstić information content (AvgIpc) is 2.56. The lowest BCUT2D eigenvalue weighted by Crippen LogP contribution is -2.48. The molecule has 0 radical (unpaired) electrons. The molecule has 5 heteroatoms. The Balaban J connectivity index is 2.14. The van der Waals surface area contributed by atoms with Gasteiger partial charge < -0.3 is 10.4 Å². The normalized spacial score (nSPS) is 17.5. The molecule has 1 unspecified atom stereocenters. The number of nitrogens with zero attached hydrogens (tertiary/aromatic N) is 2. The van der Waals surface area contributed by atoms with Gasteiger partial charge in [-0.05, 0) is 36.2 Å². The van der Waals surface area contributed by atoms with Crippen molar-refractivity contribution in [2.75, 3.05) is 13.1 Å². The van der Waals surface area contributed by atoms with E-state index in [0.29, 0.717) is 28.7 Å². The van der Waals surface area contributed by atoms with Crippen molar-refractivity contribution in [1.82, 2.24) is 10.3 Å². The summed E-state index contributed by atoms with van der Waals surface area (Å²) in [4.78, 5) is 8.78. The number of amidine groups is 1. The molecule has 0 amide bonds. The first-order valence-corrected chi connectivity index (χ1v) is 7.28. The topological polar surface area (TPSA) is 57.5 Å². The van der Waals surface area contributed by atoms with Gasteiger partial charge in [0.1, 0.15) is 5.84 Å². The lowest BCUT2D eigenvalue weighted by molar-refractivity contribution is 0.145. The Morgan fingerprint density at radius 1 is 1.14 bits per heavy atom. The van der Waals surface area contributed by atoms with E-state index in [1.165, 1.54) is 0 Å². The summed E-state index contributed by atoms with van der Waals surface area (Å²) in [6.07, 6.45) is 2.63. The van der Waals surface area contributed by atoms with Gasteiger partial charge in [-0.3, -0.25) is 9.98 Å². The third-order valence-electron chi connectivity index (χ3n) is 3.54. The fourth-order valence-electron chi connectivity index (χ4n) is 2.45. The van der Waals surface area contributed by atoms with Gasteiger partial charge in [-0.25, -0.2) is 0 Å². The Hall–Kier alpha value is -1.91. The van der Waals surface area contributed by atoms with Gasteiger partial charge in [-0.2, -0.15) is 0 Å². The van der Waals surface area contributed by atoms with Crippen molar-refractivity contribution in [2.24, 2.45) is 4.99 Å². The molecule has 1 aromatic heterocycles. The summed E-state index contributed by atoms with van der Waals surface area (Å²) in [5, 5.41) is 15.2. The first kappa shape index (κ1) is 14.0. The van der Waals surface area contributed by atoms with Crippen LogP contribution in [0.25, 0.3) is 0 Å². The molecule has 21 heavy (non-hydrogen) atoms. The quantitative estimate of drug-likeness (QED) is 0.915. The summed E-state index contributed by atoms with van der Waals surface area (Å²) < 4.78 is 0. The first-order chi connectivity index (χ1) is 10.2. The Kier molecular flexibility index (Phi) is 3.90. The number of aliphatic hydroxyl groups is 1. The van der Waals surface area contributed by atoms with Crippen LogP contribution in [0.3, 0.4) is 0 Å². The second-order valence-electron chi connectivity index (χ2n) is 4.94. The van der Waals surface area contributed by atoms with Crippen LogP contribution in [0.4, 0.5) is 0 Å². The van der Waals surface area contributed by atoms with E-state index in [1.807, 2.05) is 12.1 Å². The molecule has 2 aromatic rings. The third kappa shape index (κ3) is 2.64. The van der Waals surface area contributed by atoms with Crippen LogP contribution in [0, 0.1) is 0 Å². The van der Waals surface area contributed by atoms with Crippen LogP contribution < -0.4 is 5.32 Å². The SMILES string of the molecule is OC(C1=NCCCN1)(c1ccc(Cl)cc1)c1ccccn1. The molecule has 1 atom stereocenters. The molecule has 0 aliphatic carbocycles. The molecule has 108 valence electrons. The maximum absolute atomic E-state index is 11.4. The van der Waals surface area contributed by atoms with Crippen molar-refractivity contribution >= 4 is 17.4 Å². The number of benzene rings is 1. The maximum Gasteiger partial charge on any atom is 0.189 e. The Morgan fingerprint density at radius 3 is 2.57 bits per heavy atom. The van der Waals surface area contributed by atoms with Crippen molar-refractivity contribution < 1.29 is 5.11 Å². The smallest absolute Gasteiger partial charge is 0.189 e. The highest BCUT2D eigenvalue weighted by molar-refractivity contribution is 6.30. The largest absolute Gasteiger partial charge is 0.372 e. The van der Waals surface area contributed by atoms with Gasteiger partial charge in [0.15, 0.2) is 5.60 Å². The van der Waals surface area contributed by atoms with Crippen LogP contribution >= 0.6 is 11.6 Å². The minimum atomic E-state index is -1.38. The molecule has 0 saturated heterocycles. The number of pyridine rings is 1. The van der Waals surface area contributed by atoms with E-state index in [9.17, 15) is 5.11 Å². The average molecular weight is 302 g/mol. The minimum absolute atomic E-state index is 0.537. The second kappa shape index (κ2) is 5.84. The molecule has 1 aromatic carbocycles. The van der Waals surface area contributed by atoms with Crippen molar-refractivity contribution in [2.45, 2.75) is 12.0 Å². The minimum Gasteiger partial charge on any atom is -0.372 e. The molecular formula is C16H16ClN3O. The van der Waals surface area contributed by atoms with Gasteiger partial charge in [0.25, 0.3) is 0 Å². The number of hydrogen-bond donors (Lipinski definition) is 2. The lowest BCUT2D eigenvalue weighted by atomic mass is 9.88. The Morgan fingerprint density at radius 2 is 1.95 bits per heavy atom. The molecule has 0 fully saturated rings. The molecule has 4 nitrogen and oxygen atoms in total. The maximum atomic E-state index is 11.4. The summed E-state index contributed by atoms with van der Waals surface area (Å²) in [6.45, 7) is 1.49. The number of aromatic nitrogens is 1. The molecule has 0 saturated carbocycles. The van der Waals surface area contributed by atoms with Crippen LogP contribution in [-0.4, -0.2) is 29.0 Å². The standard InChI is InChI=1S/C16H16ClN3O/c17-13-7-5-12(6-8-13)16(21,14-4-1-2-9-18-14)15-19-10-3-11-20-15/h1-2,4-9,21H,3,10-11H2,(H,19,20). The Bertz CT molecular complexity index is 642. The number of nitrogens with one attached hydrogen (secondary N) is 1. The fraction of sp³-hybridized carbons (Fsp3) is 0.250. The molecule has 0 bridgehead atoms. The highest BCUT2D eigenvalue weighted by atomic mass is 35.5. The van der Waals surface area contributed by atoms with Crippen LogP contribution in [0.1, 0.15) is 17.7 Å². The summed E-state index contributed by atoms with van der Waals surface area (Å²) in [7, 11) is 0. The van der Waals surface area contributed by atoms with Gasteiger partial charge in [-0.1, -0.05) is 29.8 Å². The van der Waals surface area contributed by atoms with Crippen molar-refractivity contribution in [3.63, 3.8) is 0 Å². The summed E-state index contributed by atoms with van der Waals surface area (Å²) >= 11 is 5.95. The van der Waals surface area contributed by atoms with E-state index in [0.717, 1.165) is 13.0 Å². The van der Waals surface area contributed by atoms with Gasteiger partial charge in [0.05, 0.1) is 5.69 Å². The highest BCUT2D eigenvalue weighted by Gasteiger charge is 2.39. The number of hydrogen-bond acceptors (Lipinski definition) is 4. The van der Waals surface area contributed by atoms with Crippen LogP contribution in [0.2, 0.25) is 5.02 Å². The van der Waals surface area contributed by atoms with Gasteiger partial charge >= 0.3 is 0 Å². The number of aliphatic imine (C=N–C) groups is 1. The molecule has 0 spiro atoms. The molecule has 2 heterocycles. The summed E-state index contributed by atoms with van der Waals surface area (Å²) in [5.74, 6) is 0.537. The van der Waals surface area contributed by atoms with Gasteiger partial charge in [-0.15, -0.1) is 0 Å². The lowest BCUT2D eigenvalue weighted by Gasteiger charge is -2.32. The molecule has 3 rings (SSSR count). The van der Waals surface area contributed by atoms with E-state index in [1.54, 1.807) is 36.5 Å². The van der Waals surface area contributed by atoms with Crippen LogP contribution in [-0.2, 0) is 5.60 Å². The van der Waals surface area contributed by atoms with Crippen LogP contribution in [0.15, 0.2) is 53.7 Å². The zero-order valence-electron chi connectivity index (χ0n) is 11.5. The van der Waals surface area contributed by atoms with E-state index in [2.05, 4.69) is 15.3 Å². The predicted molar refractivity (Wildman–Crippen MR) is 83.6 cm³/mol. The van der Waals surface area contributed by atoms with E-state index in [4.69, 9.17) is 11.6 Å². The van der Waals surface area contributed by atoms with Crippen molar-refractivity contribution in [3.8, 4) is 0 Å². The molecule has 1 aliphatic heterocycles. The number of halogens is 1. The van der Waals surface area contributed by atoms with Crippen molar-refractivity contribution in [3.05, 3.63) is 64.9 Å². The Labute approximate surface area is 128 Å².